The Hall–Kier alpha value is -3.09. The molecule has 0 spiro atoms. The normalized spacial score (nSPS) is 18.3. The molecule has 1 atom stereocenters. The van der Waals surface area contributed by atoms with Gasteiger partial charge in [-0.3, -0.25) is 9.59 Å². The molecule has 7 nitrogen and oxygen atoms in total. The van der Waals surface area contributed by atoms with Crippen LogP contribution in [0.1, 0.15) is 46.1 Å². The third-order valence-corrected chi connectivity index (χ3v) is 4.93. The van der Waals surface area contributed by atoms with Crippen molar-refractivity contribution < 1.29 is 9.59 Å². The highest BCUT2D eigenvalue weighted by atomic mass is 16.2. The van der Waals surface area contributed by atoms with Gasteiger partial charge in [0, 0.05) is 29.6 Å². The second-order valence-corrected chi connectivity index (χ2v) is 6.68. The fourth-order valence-corrected chi connectivity index (χ4v) is 3.67. The Bertz CT molecular complexity index is 935. The van der Waals surface area contributed by atoms with E-state index in [1.54, 1.807) is 12.1 Å². The fraction of sp³-hybridized carbons (Fsp3) is 0.316. The molecule has 0 radical (unpaired) electrons. The summed E-state index contributed by atoms with van der Waals surface area (Å²) in [5, 5.41) is 8.57. The Morgan fingerprint density at radius 2 is 2.00 bits per heavy atom. The number of aryl methyl sites for hydroxylation is 1. The summed E-state index contributed by atoms with van der Waals surface area (Å²) in [7, 11) is 0. The van der Waals surface area contributed by atoms with Gasteiger partial charge in [-0.05, 0) is 55.0 Å². The average Bonchev–Trinajstić information content (AvgIpc) is 2.62. The minimum atomic E-state index is -0.329. The van der Waals surface area contributed by atoms with Crippen molar-refractivity contribution in [3.63, 3.8) is 0 Å². The number of carbonyl (C=O) groups excluding carboxylic acids is 2. The predicted octanol–water partition coefficient (Wildman–Crippen LogP) is 1.86. The summed E-state index contributed by atoms with van der Waals surface area (Å²) in [5.41, 5.74) is 3.90. The molecule has 2 aromatic rings. The minimum Gasteiger partial charge on any atom is -0.352 e. The Morgan fingerprint density at radius 1 is 1.12 bits per heavy atom. The summed E-state index contributed by atoms with van der Waals surface area (Å²) < 4.78 is 0. The second kappa shape index (κ2) is 6.67. The smallest absolute Gasteiger partial charge is 0.319 e. The lowest BCUT2D eigenvalue weighted by Gasteiger charge is -2.26. The van der Waals surface area contributed by atoms with Crippen molar-refractivity contribution in [3.8, 4) is 0 Å². The molecule has 7 heteroatoms. The van der Waals surface area contributed by atoms with Gasteiger partial charge < -0.3 is 20.9 Å². The molecule has 2 aliphatic rings. The van der Waals surface area contributed by atoms with Gasteiger partial charge in [-0.1, -0.05) is 6.07 Å². The number of rotatable bonds is 2. The molecule has 1 unspecified atom stereocenters. The first-order chi connectivity index (χ1) is 12.6. The topological polar surface area (TPSA) is 103 Å². The summed E-state index contributed by atoms with van der Waals surface area (Å²) in [4.78, 5) is 38.7. The Kier molecular flexibility index (Phi) is 4.20. The Balaban J connectivity index is 1.48. The van der Waals surface area contributed by atoms with E-state index in [2.05, 4.69) is 20.9 Å². The first-order valence-electron chi connectivity index (χ1n) is 8.81. The van der Waals surface area contributed by atoms with Crippen LogP contribution in [0, 0.1) is 0 Å². The lowest BCUT2D eigenvalue weighted by molar-refractivity contribution is 0.0946. The van der Waals surface area contributed by atoms with E-state index in [4.69, 9.17) is 0 Å². The SMILES string of the molecule is O=C(Nc1ccc2c(c1)C(=O)NCC2)NC1CCCc2[nH]c(=O)ccc21. The predicted molar refractivity (Wildman–Crippen MR) is 97.4 cm³/mol. The van der Waals surface area contributed by atoms with Gasteiger partial charge in [0.05, 0.1) is 6.04 Å². The lowest BCUT2D eigenvalue weighted by atomic mass is 9.91. The first kappa shape index (κ1) is 16.4. The number of aromatic amines is 1. The standard InChI is InChI=1S/C19H20N4O3/c24-17-7-6-13-15(22-17)2-1-3-16(13)23-19(26)21-12-5-4-11-8-9-20-18(25)14(11)10-12/h4-7,10,16H,1-3,8-9H2,(H,20,25)(H,22,24)(H2,21,23,26). The first-order valence-corrected chi connectivity index (χ1v) is 8.81. The van der Waals surface area contributed by atoms with E-state index >= 15 is 0 Å². The zero-order valence-electron chi connectivity index (χ0n) is 14.2. The van der Waals surface area contributed by atoms with Crippen LogP contribution in [0.25, 0.3) is 0 Å². The number of carbonyl (C=O) groups is 2. The van der Waals surface area contributed by atoms with Crippen LogP contribution in [-0.4, -0.2) is 23.5 Å². The molecule has 0 bridgehead atoms. The molecule has 0 saturated heterocycles. The summed E-state index contributed by atoms with van der Waals surface area (Å²) in [6.07, 6.45) is 3.33. The van der Waals surface area contributed by atoms with Gasteiger partial charge in [0.2, 0.25) is 5.56 Å². The zero-order chi connectivity index (χ0) is 18.1. The largest absolute Gasteiger partial charge is 0.352 e. The monoisotopic (exact) mass is 352 g/mol. The Labute approximate surface area is 150 Å². The van der Waals surface area contributed by atoms with Crippen molar-refractivity contribution in [1.29, 1.82) is 0 Å². The van der Waals surface area contributed by atoms with Gasteiger partial charge in [-0.2, -0.15) is 0 Å². The molecule has 0 saturated carbocycles. The zero-order valence-corrected chi connectivity index (χ0v) is 14.2. The van der Waals surface area contributed by atoms with Gasteiger partial charge in [0.25, 0.3) is 5.91 Å². The maximum atomic E-state index is 12.4. The van der Waals surface area contributed by atoms with E-state index in [0.717, 1.165) is 42.5 Å². The van der Waals surface area contributed by atoms with Crippen LogP contribution >= 0.6 is 0 Å². The van der Waals surface area contributed by atoms with E-state index in [0.29, 0.717) is 17.8 Å². The summed E-state index contributed by atoms with van der Waals surface area (Å²) in [6, 6.07) is 8.19. The van der Waals surface area contributed by atoms with Crippen LogP contribution in [0.15, 0.2) is 35.1 Å². The summed E-state index contributed by atoms with van der Waals surface area (Å²) in [6.45, 7) is 0.641. The average molecular weight is 352 g/mol. The number of hydrogen-bond donors (Lipinski definition) is 4. The molecule has 2 heterocycles. The van der Waals surface area contributed by atoms with Crippen molar-refractivity contribution in [2.45, 2.75) is 31.7 Å². The van der Waals surface area contributed by atoms with Crippen LogP contribution in [0.4, 0.5) is 10.5 Å². The van der Waals surface area contributed by atoms with Crippen molar-refractivity contribution in [2.24, 2.45) is 0 Å². The van der Waals surface area contributed by atoms with Gasteiger partial charge >= 0.3 is 6.03 Å². The summed E-state index contributed by atoms with van der Waals surface area (Å²) in [5.74, 6) is -0.111. The molecule has 134 valence electrons. The highest BCUT2D eigenvalue weighted by Crippen LogP contribution is 2.27. The van der Waals surface area contributed by atoms with E-state index < -0.39 is 0 Å². The fourth-order valence-electron chi connectivity index (χ4n) is 3.67. The molecule has 26 heavy (non-hydrogen) atoms. The quantitative estimate of drug-likeness (QED) is 0.663. The molecule has 4 rings (SSSR count). The number of pyridine rings is 1. The highest BCUT2D eigenvalue weighted by Gasteiger charge is 2.23. The molecule has 1 aromatic carbocycles. The number of aromatic nitrogens is 1. The highest BCUT2D eigenvalue weighted by molar-refractivity contribution is 5.99. The van der Waals surface area contributed by atoms with Gasteiger partial charge in [-0.15, -0.1) is 0 Å². The number of amides is 3. The van der Waals surface area contributed by atoms with E-state index in [-0.39, 0.29) is 23.5 Å². The minimum absolute atomic E-state index is 0.111. The lowest BCUT2D eigenvalue weighted by Crippen LogP contribution is -2.35. The molecule has 3 amide bonds. The van der Waals surface area contributed by atoms with Crippen molar-refractivity contribution >= 4 is 17.6 Å². The van der Waals surface area contributed by atoms with Crippen LogP contribution in [0.2, 0.25) is 0 Å². The number of hydrogen-bond acceptors (Lipinski definition) is 3. The Morgan fingerprint density at radius 3 is 2.88 bits per heavy atom. The summed E-state index contributed by atoms with van der Waals surface area (Å²) >= 11 is 0. The second-order valence-electron chi connectivity index (χ2n) is 6.68. The molecule has 1 aliphatic carbocycles. The van der Waals surface area contributed by atoms with Crippen molar-refractivity contribution in [1.82, 2.24) is 15.6 Å². The van der Waals surface area contributed by atoms with E-state index in [9.17, 15) is 14.4 Å². The van der Waals surface area contributed by atoms with Gasteiger partial charge in [0.1, 0.15) is 0 Å². The van der Waals surface area contributed by atoms with Gasteiger partial charge in [0.15, 0.2) is 0 Å². The maximum Gasteiger partial charge on any atom is 0.319 e. The third-order valence-electron chi connectivity index (χ3n) is 4.93. The number of anilines is 1. The number of fused-ring (bicyclic) bond motifs is 2. The van der Waals surface area contributed by atoms with Crippen LogP contribution in [0.3, 0.4) is 0 Å². The third kappa shape index (κ3) is 3.20. The molecule has 0 fully saturated rings. The van der Waals surface area contributed by atoms with E-state index in [1.807, 2.05) is 12.1 Å². The number of nitrogens with one attached hydrogen (secondary N) is 4. The molecular formula is C19H20N4O3. The van der Waals surface area contributed by atoms with Crippen molar-refractivity contribution in [3.05, 3.63) is 63.1 Å². The van der Waals surface area contributed by atoms with E-state index in [1.165, 1.54) is 6.07 Å². The molecule has 1 aromatic heterocycles. The van der Waals surface area contributed by atoms with Crippen LogP contribution in [-0.2, 0) is 12.8 Å². The van der Waals surface area contributed by atoms with Gasteiger partial charge in [-0.25, -0.2) is 4.79 Å². The molecular weight excluding hydrogens is 332 g/mol. The molecule has 1 aliphatic heterocycles. The number of urea groups is 1. The van der Waals surface area contributed by atoms with Crippen LogP contribution in [0.5, 0.6) is 0 Å². The number of benzene rings is 1. The number of H-pyrrole nitrogens is 1. The maximum absolute atomic E-state index is 12.4. The molecule has 4 N–H and O–H groups in total. The van der Waals surface area contributed by atoms with Crippen molar-refractivity contribution in [2.75, 3.05) is 11.9 Å². The van der Waals surface area contributed by atoms with Crippen LogP contribution < -0.4 is 21.5 Å².